The molecule has 0 spiro atoms. The van der Waals surface area contributed by atoms with Crippen LogP contribution in [0.2, 0.25) is 10.3 Å². The largest absolute Gasteiger partial charge is 0.486 e. The van der Waals surface area contributed by atoms with Gasteiger partial charge >= 0.3 is 0 Å². The van der Waals surface area contributed by atoms with E-state index in [1.165, 1.54) is 0 Å². The molecule has 0 aliphatic rings. The molecule has 7 heteroatoms. The van der Waals surface area contributed by atoms with Crippen molar-refractivity contribution < 1.29 is 4.74 Å². The summed E-state index contributed by atoms with van der Waals surface area (Å²) >= 11 is 22.0. The van der Waals surface area contributed by atoms with E-state index in [-0.39, 0.29) is 0 Å². The molecule has 1 aromatic heterocycles. The monoisotopic (exact) mass is 487 g/mol. The molecule has 0 amide bonds. The van der Waals surface area contributed by atoms with Gasteiger partial charge in [0.25, 0.3) is 0 Å². The van der Waals surface area contributed by atoms with E-state index in [1.807, 2.05) is 12.1 Å². The Bertz CT molecular complexity index is 599. The lowest BCUT2D eigenvalue weighted by atomic mass is 10.3. The smallest absolute Gasteiger partial charge is 0.148 e. The summed E-state index contributed by atoms with van der Waals surface area (Å²) in [5, 5.41) is 0.705. The zero-order chi connectivity index (χ0) is 14.0. The Labute approximate surface area is 145 Å². The Morgan fingerprint density at radius 3 is 2.26 bits per heavy atom. The van der Waals surface area contributed by atoms with Gasteiger partial charge in [0.05, 0.1) is 8.95 Å². The minimum Gasteiger partial charge on any atom is -0.486 e. The first-order valence-corrected chi connectivity index (χ1v) is 8.19. The van der Waals surface area contributed by atoms with Crippen molar-refractivity contribution in [2.75, 3.05) is 0 Å². The highest BCUT2D eigenvalue weighted by atomic mass is 79.9. The topological polar surface area (TPSA) is 22.1 Å². The van der Waals surface area contributed by atoms with Crippen LogP contribution in [0.1, 0.15) is 5.56 Å². The molecule has 2 nitrogen and oxygen atoms in total. The number of benzene rings is 1. The Morgan fingerprint density at radius 2 is 1.68 bits per heavy atom. The molecule has 19 heavy (non-hydrogen) atoms. The van der Waals surface area contributed by atoms with Gasteiger partial charge in [-0.2, -0.15) is 0 Å². The van der Waals surface area contributed by atoms with Crippen LogP contribution in [0.5, 0.6) is 5.75 Å². The third-order valence-electron chi connectivity index (χ3n) is 2.23. The summed E-state index contributed by atoms with van der Waals surface area (Å²) in [5.41, 5.74) is 0.771. The van der Waals surface area contributed by atoms with Crippen molar-refractivity contribution >= 4 is 71.0 Å². The zero-order valence-electron chi connectivity index (χ0n) is 9.26. The molecule has 2 rings (SSSR count). The van der Waals surface area contributed by atoms with Crippen molar-refractivity contribution in [3.63, 3.8) is 0 Å². The molecule has 1 aromatic carbocycles. The molecular weight excluding hydrogens is 485 g/mol. The lowest BCUT2D eigenvalue weighted by Gasteiger charge is -2.11. The van der Waals surface area contributed by atoms with E-state index in [0.29, 0.717) is 22.7 Å². The summed E-state index contributed by atoms with van der Waals surface area (Å²) in [6.07, 6.45) is 0. The minimum absolute atomic E-state index is 0.307. The third kappa shape index (κ3) is 4.08. The molecular formula is C12H6Br3Cl2NO. The molecule has 0 saturated carbocycles. The molecule has 0 unspecified atom stereocenters. The second-order valence-electron chi connectivity index (χ2n) is 3.57. The summed E-state index contributed by atoms with van der Waals surface area (Å²) in [5.74, 6) is 0.703. The summed E-state index contributed by atoms with van der Waals surface area (Å²) in [6.45, 7) is 0.307. The van der Waals surface area contributed by atoms with Crippen LogP contribution < -0.4 is 4.74 Å². The molecule has 0 saturated heterocycles. The van der Waals surface area contributed by atoms with Crippen LogP contribution >= 0.6 is 71.0 Å². The average Bonchev–Trinajstić information content (AvgIpc) is 2.30. The highest BCUT2D eigenvalue weighted by Crippen LogP contribution is 2.37. The van der Waals surface area contributed by atoms with Gasteiger partial charge in [-0.3, -0.25) is 0 Å². The van der Waals surface area contributed by atoms with Gasteiger partial charge in [-0.1, -0.05) is 39.1 Å². The number of halogens is 5. The van der Waals surface area contributed by atoms with Crippen LogP contribution in [0.4, 0.5) is 0 Å². The van der Waals surface area contributed by atoms with Crippen molar-refractivity contribution in [3.05, 3.63) is 53.6 Å². The fraction of sp³-hybridized carbons (Fsp3) is 0.0833. The zero-order valence-corrected chi connectivity index (χ0v) is 15.5. The van der Waals surface area contributed by atoms with E-state index < -0.39 is 0 Å². The van der Waals surface area contributed by atoms with Crippen molar-refractivity contribution in [2.24, 2.45) is 0 Å². The first kappa shape index (κ1) is 15.6. The Morgan fingerprint density at radius 1 is 1.05 bits per heavy atom. The highest BCUT2D eigenvalue weighted by molar-refractivity contribution is 9.11. The minimum atomic E-state index is 0.307. The SMILES string of the molecule is Clc1ccc(COc2c(Br)cc(Br)cc2Br)c(Cl)n1. The van der Waals surface area contributed by atoms with Crippen molar-refractivity contribution in [3.8, 4) is 5.75 Å². The Kier molecular flexibility index (Phi) is 5.55. The second kappa shape index (κ2) is 6.76. The van der Waals surface area contributed by atoms with Gasteiger partial charge in [0.15, 0.2) is 0 Å². The molecule has 100 valence electrons. The van der Waals surface area contributed by atoms with Crippen LogP contribution in [-0.4, -0.2) is 4.98 Å². The summed E-state index contributed by atoms with van der Waals surface area (Å²) < 4.78 is 8.38. The lowest BCUT2D eigenvalue weighted by molar-refractivity contribution is 0.302. The van der Waals surface area contributed by atoms with E-state index in [0.717, 1.165) is 19.0 Å². The van der Waals surface area contributed by atoms with E-state index in [1.54, 1.807) is 12.1 Å². The van der Waals surface area contributed by atoms with Gasteiger partial charge in [0, 0.05) is 10.0 Å². The molecule has 0 radical (unpaired) electrons. The number of aromatic nitrogens is 1. The van der Waals surface area contributed by atoms with Crippen LogP contribution in [0.25, 0.3) is 0 Å². The lowest BCUT2D eigenvalue weighted by Crippen LogP contribution is -1.99. The third-order valence-corrected chi connectivity index (χ3v) is 4.40. The number of nitrogens with zero attached hydrogens (tertiary/aromatic N) is 1. The molecule has 0 bridgehead atoms. The first-order valence-electron chi connectivity index (χ1n) is 5.05. The number of ether oxygens (including phenoxy) is 1. The fourth-order valence-electron chi connectivity index (χ4n) is 1.37. The van der Waals surface area contributed by atoms with Gasteiger partial charge in [0.2, 0.25) is 0 Å². The summed E-state index contributed by atoms with van der Waals surface area (Å²) in [4.78, 5) is 3.96. The Balaban J connectivity index is 2.19. The van der Waals surface area contributed by atoms with E-state index in [9.17, 15) is 0 Å². The van der Waals surface area contributed by atoms with Gasteiger partial charge in [-0.05, 0) is 56.1 Å². The number of rotatable bonds is 3. The molecule has 0 aliphatic heterocycles. The van der Waals surface area contributed by atoms with E-state index in [2.05, 4.69) is 52.8 Å². The second-order valence-corrected chi connectivity index (χ2v) is 6.94. The van der Waals surface area contributed by atoms with E-state index in [4.69, 9.17) is 27.9 Å². The fourth-order valence-corrected chi connectivity index (χ4v) is 4.25. The molecule has 0 fully saturated rings. The molecule has 0 atom stereocenters. The molecule has 0 aliphatic carbocycles. The van der Waals surface area contributed by atoms with Crippen molar-refractivity contribution in [1.82, 2.24) is 4.98 Å². The van der Waals surface area contributed by atoms with Crippen LogP contribution in [0.3, 0.4) is 0 Å². The highest BCUT2D eigenvalue weighted by Gasteiger charge is 2.10. The number of hydrogen-bond acceptors (Lipinski definition) is 2. The van der Waals surface area contributed by atoms with Gasteiger partial charge < -0.3 is 4.74 Å². The van der Waals surface area contributed by atoms with Crippen molar-refractivity contribution in [1.29, 1.82) is 0 Å². The average molecular weight is 491 g/mol. The molecule has 2 aromatic rings. The van der Waals surface area contributed by atoms with Crippen molar-refractivity contribution in [2.45, 2.75) is 6.61 Å². The number of hydrogen-bond donors (Lipinski definition) is 0. The summed E-state index contributed by atoms with van der Waals surface area (Å²) in [7, 11) is 0. The number of pyridine rings is 1. The van der Waals surface area contributed by atoms with Gasteiger partial charge in [-0.25, -0.2) is 4.98 Å². The standard InChI is InChI=1S/C12H6Br3Cl2NO/c13-7-3-8(14)11(9(15)4-7)19-5-6-1-2-10(16)18-12(6)17/h1-4H,5H2. The normalized spacial score (nSPS) is 10.6. The molecule has 1 heterocycles. The predicted octanol–water partition coefficient (Wildman–Crippen LogP) is 6.25. The van der Waals surface area contributed by atoms with Gasteiger partial charge in [0.1, 0.15) is 22.7 Å². The maximum Gasteiger partial charge on any atom is 0.148 e. The quantitative estimate of drug-likeness (QED) is 0.474. The van der Waals surface area contributed by atoms with E-state index >= 15 is 0 Å². The predicted molar refractivity (Wildman–Crippen MR) is 88.1 cm³/mol. The first-order chi connectivity index (χ1) is 8.97. The van der Waals surface area contributed by atoms with Crippen LogP contribution in [0, 0.1) is 0 Å². The molecule has 0 N–H and O–H groups in total. The Hall–Kier alpha value is 0.190. The van der Waals surface area contributed by atoms with Crippen LogP contribution in [-0.2, 0) is 6.61 Å². The van der Waals surface area contributed by atoms with Crippen LogP contribution in [0.15, 0.2) is 37.7 Å². The maximum absolute atomic E-state index is 5.99. The maximum atomic E-state index is 5.99. The summed E-state index contributed by atoms with van der Waals surface area (Å²) in [6, 6.07) is 7.28. The van der Waals surface area contributed by atoms with Gasteiger partial charge in [-0.15, -0.1) is 0 Å².